The monoisotopic (exact) mass is 237 g/mol. The second-order valence-corrected chi connectivity index (χ2v) is 3.84. The van der Waals surface area contributed by atoms with Gasteiger partial charge in [-0.25, -0.2) is 0 Å². The normalized spacial score (nSPS) is 14.2. The van der Waals surface area contributed by atoms with Gasteiger partial charge in [-0.2, -0.15) is 12.6 Å². The Morgan fingerprint density at radius 2 is 1.94 bits per heavy atom. The van der Waals surface area contributed by atoms with Gasteiger partial charge in [-0.15, -0.1) is 0 Å². The molecule has 0 saturated heterocycles. The maximum Gasteiger partial charge on any atom is 0.261 e. The number of thiol groups is 1. The van der Waals surface area contributed by atoms with E-state index in [9.17, 15) is 9.59 Å². The number of methoxy groups -OCH3 is 1. The number of carbonyl (C=O) groups excluding carboxylic acids is 2. The maximum atomic E-state index is 11.9. The van der Waals surface area contributed by atoms with Crippen LogP contribution in [-0.4, -0.2) is 36.1 Å². The molecule has 84 valence electrons. The molecule has 2 amide bonds. The van der Waals surface area contributed by atoms with Gasteiger partial charge in [0.25, 0.3) is 11.8 Å². The fraction of sp³-hybridized carbons (Fsp3) is 0.273. The second kappa shape index (κ2) is 4.17. The van der Waals surface area contributed by atoms with E-state index in [-0.39, 0.29) is 11.8 Å². The van der Waals surface area contributed by atoms with Crippen molar-refractivity contribution < 1.29 is 14.3 Å². The molecular formula is C11H11NO3S. The van der Waals surface area contributed by atoms with E-state index in [0.717, 1.165) is 0 Å². The summed E-state index contributed by atoms with van der Waals surface area (Å²) in [5, 5.41) is 0. The number of ether oxygens (including phenoxy) is 1. The molecule has 4 nitrogen and oxygen atoms in total. The first kappa shape index (κ1) is 11.0. The van der Waals surface area contributed by atoms with Gasteiger partial charge in [0.15, 0.2) is 0 Å². The van der Waals surface area contributed by atoms with Crippen molar-refractivity contribution in [2.75, 3.05) is 19.4 Å². The molecule has 5 heteroatoms. The summed E-state index contributed by atoms with van der Waals surface area (Å²) in [6.45, 7) is 0.331. The topological polar surface area (TPSA) is 46.6 Å². The summed E-state index contributed by atoms with van der Waals surface area (Å²) in [5.74, 6) is 0.514. The average Bonchev–Trinajstić information content (AvgIpc) is 2.54. The first-order valence-electron chi connectivity index (χ1n) is 4.84. The minimum atomic E-state index is -0.270. The van der Waals surface area contributed by atoms with Crippen LogP contribution in [0.4, 0.5) is 0 Å². The van der Waals surface area contributed by atoms with E-state index in [0.29, 0.717) is 29.2 Å². The molecule has 0 atom stereocenters. The molecule has 0 fully saturated rings. The summed E-state index contributed by atoms with van der Waals surface area (Å²) in [7, 11) is 1.52. The molecule has 0 bridgehead atoms. The number of imide groups is 1. The Kier molecular flexibility index (Phi) is 2.87. The molecule has 0 N–H and O–H groups in total. The van der Waals surface area contributed by atoms with Gasteiger partial charge in [-0.05, 0) is 18.2 Å². The van der Waals surface area contributed by atoms with E-state index in [1.54, 1.807) is 18.2 Å². The van der Waals surface area contributed by atoms with Gasteiger partial charge in [0.2, 0.25) is 0 Å². The molecule has 0 spiro atoms. The molecular weight excluding hydrogens is 226 g/mol. The van der Waals surface area contributed by atoms with Gasteiger partial charge in [0.1, 0.15) is 5.75 Å². The molecule has 0 radical (unpaired) electrons. The zero-order valence-electron chi connectivity index (χ0n) is 8.77. The second-order valence-electron chi connectivity index (χ2n) is 3.40. The summed E-state index contributed by atoms with van der Waals surface area (Å²) in [4.78, 5) is 24.9. The van der Waals surface area contributed by atoms with Crippen molar-refractivity contribution >= 4 is 24.4 Å². The van der Waals surface area contributed by atoms with E-state index in [1.807, 2.05) is 0 Å². The fourth-order valence-electron chi connectivity index (χ4n) is 1.70. The van der Waals surface area contributed by atoms with E-state index in [2.05, 4.69) is 12.6 Å². The van der Waals surface area contributed by atoms with Crippen LogP contribution in [0.2, 0.25) is 0 Å². The highest BCUT2D eigenvalue weighted by atomic mass is 32.1. The Morgan fingerprint density at radius 3 is 2.56 bits per heavy atom. The van der Waals surface area contributed by atoms with Crippen LogP contribution in [-0.2, 0) is 0 Å². The molecule has 1 aliphatic rings. The summed E-state index contributed by atoms with van der Waals surface area (Å²) >= 11 is 4.02. The third-order valence-corrected chi connectivity index (χ3v) is 2.70. The molecule has 1 aromatic carbocycles. The Balaban J connectivity index is 2.43. The van der Waals surface area contributed by atoms with E-state index >= 15 is 0 Å². The van der Waals surface area contributed by atoms with Crippen LogP contribution < -0.4 is 4.74 Å². The van der Waals surface area contributed by atoms with Crippen LogP contribution in [0.1, 0.15) is 20.7 Å². The highest BCUT2D eigenvalue weighted by Gasteiger charge is 2.35. The average molecular weight is 237 g/mol. The molecule has 2 rings (SSSR count). The van der Waals surface area contributed by atoms with Crippen LogP contribution >= 0.6 is 12.6 Å². The van der Waals surface area contributed by atoms with Crippen molar-refractivity contribution in [2.45, 2.75) is 0 Å². The summed E-state index contributed by atoms with van der Waals surface area (Å²) in [6.07, 6.45) is 0. The van der Waals surface area contributed by atoms with Crippen molar-refractivity contribution in [1.82, 2.24) is 4.90 Å². The highest BCUT2D eigenvalue weighted by molar-refractivity contribution is 7.80. The van der Waals surface area contributed by atoms with Crippen LogP contribution in [0.25, 0.3) is 0 Å². The van der Waals surface area contributed by atoms with Crippen LogP contribution in [0.5, 0.6) is 5.75 Å². The fourth-order valence-corrected chi connectivity index (χ4v) is 1.90. The van der Waals surface area contributed by atoms with Crippen molar-refractivity contribution in [1.29, 1.82) is 0 Å². The van der Waals surface area contributed by atoms with Gasteiger partial charge in [0, 0.05) is 12.3 Å². The number of hydrogen-bond donors (Lipinski definition) is 1. The molecule has 1 heterocycles. The largest absolute Gasteiger partial charge is 0.497 e. The van der Waals surface area contributed by atoms with Gasteiger partial charge >= 0.3 is 0 Å². The predicted octanol–water partition coefficient (Wildman–Crippen LogP) is 1.22. The minimum Gasteiger partial charge on any atom is -0.497 e. The van der Waals surface area contributed by atoms with Gasteiger partial charge in [-0.3, -0.25) is 14.5 Å². The Hall–Kier alpha value is -1.49. The molecule has 0 aromatic heterocycles. The van der Waals surface area contributed by atoms with Gasteiger partial charge in [-0.1, -0.05) is 0 Å². The highest BCUT2D eigenvalue weighted by Crippen LogP contribution is 2.26. The van der Waals surface area contributed by atoms with Gasteiger partial charge < -0.3 is 4.74 Å². The molecule has 16 heavy (non-hydrogen) atoms. The summed E-state index contributed by atoms with van der Waals surface area (Å²) in [6, 6.07) is 4.88. The molecule has 0 unspecified atom stereocenters. The van der Waals surface area contributed by atoms with Crippen molar-refractivity contribution in [3.8, 4) is 5.75 Å². The Morgan fingerprint density at radius 1 is 1.25 bits per heavy atom. The predicted molar refractivity (Wildman–Crippen MR) is 62.2 cm³/mol. The Bertz CT molecular complexity index is 459. The number of amides is 2. The van der Waals surface area contributed by atoms with Crippen LogP contribution in [0.3, 0.4) is 0 Å². The molecule has 1 aromatic rings. The van der Waals surface area contributed by atoms with Crippen molar-refractivity contribution in [3.63, 3.8) is 0 Å². The Labute approximate surface area is 98.6 Å². The zero-order chi connectivity index (χ0) is 11.7. The minimum absolute atomic E-state index is 0.253. The number of fused-ring (bicyclic) bond motifs is 1. The lowest BCUT2D eigenvalue weighted by Crippen LogP contribution is -2.31. The first-order valence-corrected chi connectivity index (χ1v) is 5.47. The van der Waals surface area contributed by atoms with E-state index in [4.69, 9.17) is 4.74 Å². The number of hydrogen-bond acceptors (Lipinski definition) is 4. The zero-order valence-corrected chi connectivity index (χ0v) is 9.66. The maximum absolute atomic E-state index is 11.9. The quantitative estimate of drug-likeness (QED) is 0.635. The van der Waals surface area contributed by atoms with E-state index < -0.39 is 0 Å². The number of benzene rings is 1. The molecule has 0 saturated carbocycles. The third kappa shape index (κ3) is 1.57. The summed E-state index contributed by atoms with van der Waals surface area (Å²) in [5.41, 5.74) is 0.846. The molecule has 1 aliphatic heterocycles. The van der Waals surface area contributed by atoms with Crippen molar-refractivity contribution in [3.05, 3.63) is 29.3 Å². The number of carbonyl (C=O) groups is 2. The van der Waals surface area contributed by atoms with E-state index in [1.165, 1.54) is 12.0 Å². The van der Waals surface area contributed by atoms with Crippen LogP contribution in [0, 0.1) is 0 Å². The number of nitrogens with zero attached hydrogens (tertiary/aromatic N) is 1. The first-order chi connectivity index (χ1) is 7.69. The summed E-state index contributed by atoms with van der Waals surface area (Å²) < 4.78 is 5.02. The lowest BCUT2D eigenvalue weighted by Gasteiger charge is -2.10. The standard InChI is InChI=1S/C11H11NO3S/c1-15-7-2-3-8-9(6-7)11(14)12(4-5-16)10(8)13/h2-3,6,16H,4-5H2,1H3. The van der Waals surface area contributed by atoms with Crippen LogP contribution in [0.15, 0.2) is 18.2 Å². The van der Waals surface area contributed by atoms with Gasteiger partial charge in [0.05, 0.1) is 18.2 Å². The SMILES string of the molecule is COc1ccc2c(c1)C(=O)N(CCS)C2=O. The smallest absolute Gasteiger partial charge is 0.261 e. The lowest BCUT2D eigenvalue weighted by atomic mass is 10.1. The number of rotatable bonds is 3. The third-order valence-electron chi connectivity index (χ3n) is 2.50. The molecule has 0 aliphatic carbocycles. The lowest BCUT2D eigenvalue weighted by molar-refractivity contribution is 0.0664. The van der Waals surface area contributed by atoms with Crippen molar-refractivity contribution in [2.24, 2.45) is 0 Å².